The van der Waals surface area contributed by atoms with Crippen molar-refractivity contribution in [2.45, 2.75) is 13.0 Å². The Hall–Kier alpha value is -1.17. The third-order valence-corrected chi connectivity index (χ3v) is 3.66. The van der Waals surface area contributed by atoms with E-state index in [0.29, 0.717) is 5.75 Å². The Morgan fingerprint density at radius 2 is 2.15 bits per heavy atom. The normalized spacial score (nSPS) is 17.9. The Bertz CT molecular complexity index is 422. The molecule has 1 aromatic rings. The molecule has 1 heterocycles. The van der Waals surface area contributed by atoms with Crippen LogP contribution < -0.4 is 10.1 Å². The number of benzene rings is 1. The Balaban J connectivity index is 1.80. The third kappa shape index (κ3) is 4.16. The Labute approximate surface area is 119 Å². The molecular weight excluding hydrogens is 259 g/mol. The average Bonchev–Trinajstić information content (AvgIpc) is 2.48. The van der Waals surface area contributed by atoms with Gasteiger partial charge in [0.15, 0.2) is 11.6 Å². The van der Waals surface area contributed by atoms with Crippen LogP contribution >= 0.6 is 0 Å². The maximum absolute atomic E-state index is 13.4. The fourth-order valence-electron chi connectivity index (χ4n) is 2.33. The van der Waals surface area contributed by atoms with E-state index in [2.05, 4.69) is 17.1 Å². The molecule has 0 saturated carbocycles. The number of methoxy groups -OCH3 is 1. The maximum Gasteiger partial charge on any atom is 0.165 e. The van der Waals surface area contributed by atoms with Gasteiger partial charge >= 0.3 is 0 Å². The molecule has 1 aliphatic heterocycles. The number of rotatable bonds is 6. The lowest BCUT2D eigenvalue weighted by molar-refractivity contribution is 0.0382. The molecule has 0 radical (unpaired) electrons. The Kier molecular flexibility index (Phi) is 5.76. The fraction of sp³-hybridized carbons (Fsp3) is 0.600. The van der Waals surface area contributed by atoms with Gasteiger partial charge in [-0.2, -0.15) is 0 Å². The molecule has 1 saturated heterocycles. The monoisotopic (exact) mass is 282 g/mol. The van der Waals surface area contributed by atoms with E-state index in [1.165, 1.54) is 13.2 Å². The summed E-state index contributed by atoms with van der Waals surface area (Å²) in [4.78, 5) is 2.38. The first-order valence-electron chi connectivity index (χ1n) is 7.07. The van der Waals surface area contributed by atoms with Crippen molar-refractivity contribution < 1.29 is 13.9 Å². The summed E-state index contributed by atoms with van der Waals surface area (Å²) < 4.78 is 23.7. The average molecular weight is 282 g/mol. The van der Waals surface area contributed by atoms with E-state index >= 15 is 0 Å². The predicted molar refractivity (Wildman–Crippen MR) is 76.6 cm³/mol. The highest BCUT2D eigenvalue weighted by Crippen LogP contribution is 2.22. The highest BCUT2D eigenvalue weighted by molar-refractivity contribution is 5.31. The molecule has 5 heteroatoms. The summed E-state index contributed by atoms with van der Waals surface area (Å²) in [5, 5.41) is 3.46. The Morgan fingerprint density at radius 1 is 1.40 bits per heavy atom. The molecule has 1 fully saturated rings. The topological polar surface area (TPSA) is 33.7 Å². The van der Waals surface area contributed by atoms with Crippen LogP contribution in [0.4, 0.5) is 4.39 Å². The van der Waals surface area contributed by atoms with Gasteiger partial charge in [-0.1, -0.05) is 6.07 Å². The largest absolute Gasteiger partial charge is 0.494 e. The first kappa shape index (κ1) is 15.2. The number of hydrogen-bond acceptors (Lipinski definition) is 4. The Morgan fingerprint density at radius 3 is 2.85 bits per heavy atom. The highest BCUT2D eigenvalue weighted by atomic mass is 19.1. The molecule has 0 spiro atoms. The summed E-state index contributed by atoms with van der Waals surface area (Å²) in [7, 11) is 1.48. The van der Waals surface area contributed by atoms with Gasteiger partial charge in [-0.3, -0.25) is 4.90 Å². The van der Waals surface area contributed by atoms with Gasteiger partial charge in [-0.05, 0) is 24.6 Å². The smallest absolute Gasteiger partial charge is 0.165 e. The van der Waals surface area contributed by atoms with E-state index in [0.717, 1.165) is 45.0 Å². The number of hydrogen-bond donors (Lipinski definition) is 1. The van der Waals surface area contributed by atoms with Crippen LogP contribution in [0.25, 0.3) is 0 Å². The number of morpholine rings is 1. The SMILES string of the molecule is COc1cc(C(C)NCCN2CCOCC2)ccc1F. The van der Waals surface area contributed by atoms with Gasteiger partial charge < -0.3 is 14.8 Å². The van der Waals surface area contributed by atoms with E-state index in [1.54, 1.807) is 12.1 Å². The second-order valence-corrected chi connectivity index (χ2v) is 5.02. The van der Waals surface area contributed by atoms with Gasteiger partial charge in [0, 0.05) is 32.2 Å². The lowest BCUT2D eigenvalue weighted by Crippen LogP contribution is -2.40. The van der Waals surface area contributed by atoms with Crippen LogP contribution in [0.3, 0.4) is 0 Å². The van der Waals surface area contributed by atoms with E-state index < -0.39 is 0 Å². The van der Waals surface area contributed by atoms with Crippen molar-refractivity contribution in [3.63, 3.8) is 0 Å². The standard InChI is InChI=1S/C15H23FN2O2/c1-12(13-3-4-14(16)15(11-13)19-2)17-5-6-18-7-9-20-10-8-18/h3-4,11-12,17H,5-10H2,1-2H3. The summed E-state index contributed by atoms with van der Waals surface area (Å²) >= 11 is 0. The molecule has 1 atom stereocenters. The zero-order valence-corrected chi connectivity index (χ0v) is 12.2. The summed E-state index contributed by atoms with van der Waals surface area (Å²) in [6, 6.07) is 5.17. The minimum atomic E-state index is -0.322. The third-order valence-electron chi connectivity index (χ3n) is 3.66. The minimum Gasteiger partial charge on any atom is -0.494 e. The lowest BCUT2D eigenvalue weighted by atomic mass is 10.1. The van der Waals surface area contributed by atoms with Gasteiger partial charge in [0.25, 0.3) is 0 Å². The van der Waals surface area contributed by atoms with Crippen molar-refractivity contribution in [2.24, 2.45) is 0 Å². The zero-order valence-electron chi connectivity index (χ0n) is 12.2. The van der Waals surface area contributed by atoms with Gasteiger partial charge in [0.05, 0.1) is 20.3 Å². The van der Waals surface area contributed by atoms with E-state index in [1.807, 2.05) is 0 Å². The predicted octanol–water partition coefficient (Wildman–Crippen LogP) is 1.82. The lowest BCUT2D eigenvalue weighted by Gasteiger charge is -2.27. The fourth-order valence-corrected chi connectivity index (χ4v) is 2.33. The zero-order chi connectivity index (χ0) is 14.4. The van der Waals surface area contributed by atoms with Gasteiger partial charge in [0.2, 0.25) is 0 Å². The van der Waals surface area contributed by atoms with E-state index in [9.17, 15) is 4.39 Å². The second kappa shape index (κ2) is 7.57. The van der Waals surface area contributed by atoms with Gasteiger partial charge in [-0.15, -0.1) is 0 Å². The van der Waals surface area contributed by atoms with Crippen LogP contribution in [0.1, 0.15) is 18.5 Å². The number of halogens is 1. The van der Waals surface area contributed by atoms with E-state index in [4.69, 9.17) is 9.47 Å². The maximum atomic E-state index is 13.4. The minimum absolute atomic E-state index is 0.172. The molecule has 0 aliphatic carbocycles. The molecule has 2 rings (SSSR count). The molecule has 20 heavy (non-hydrogen) atoms. The molecular formula is C15H23FN2O2. The molecule has 1 aliphatic rings. The van der Waals surface area contributed by atoms with Gasteiger partial charge in [-0.25, -0.2) is 4.39 Å². The molecule has 4 nitrogen and oxygen atoms in total. The van der Waals surface area contributed by atoms with Crippen LogP contribution in [-0.2, 0) is 4.74 Å². The van der Waals surface area contributed by atoms with Crippen molar-refractivity contribution >= 4 is 0 Å². The van der Waals surface area contributed by atoms with Gasteiger partial charge in [0.1, 0.15) is 0 Å². The van der Waals surface area contributed by atoms with Crippen LogP contribution in [0, 0.1) is 5.82 Å². The molecule has 112 valence electrons. The first-order chi connectivity index (χ1) is 9.70. The molecule has 1 N–H and O–H groups in total. The molecule has 0 bridgehead atoms. The summed E-state index contributed by atoms with van der Waals surface area (Å²) in [5.74, 6) is -0.0268. The van der Waals surface area contributed by atoms with E-state index in [-0.39, 0.29) is 11.9 Å². The van der Waals surface area contributed by atoms with Crippen molar-refractivity contribution in [3.05, 3.63) is 29.6 Å². The van der Waals surface area contributed by atoms with Crippen LogP contribution in [0.5, 0.6) is 5.75 Å². The van der Waals surface area contributed by atoms with Crippen molar-refractivity contribution in [3.8, 4) is 5.75 Å². The van der Waals surface area contributed by atoms with Crippen molar-refractivity contribution in [1.29, 1.82) is 0 Å². The summed E-state index contributed by atoms with van der Waals surface area (Å²) in [5.41, 5.74) is 1.03. The number of nitrogens with zero attached hydrogens (tertiary/aromatic N) is 1. The summed E-state index contributed by atoms with van der Waals surface area (Å²) in [6.45, 7) is 7.63. The molecule has 1 unspecified atom stereocenters. The van der Waals surface area contributed by atoms with Crippen LogP contribution in [-0.4, -0.2) is 51.4 Å². The highest BCUT2D eigenvalue weighted by Gasteiger charge is 2.12. The van der Waals surface area contributed by atoms with Crippen molar-refractivity contribution in [2.75, 3.05) is 46.5 Å². The van der Waals surface area contributed by atoms with Crippen molar-refractivity contribution in [1.82, 2.24) is 10.2 Å². The number of ether oxygens (including phenoxy) is 2. The second-order valence-electron chi connectivity index (χ2n) is 5.02. The summed E-state index contributed by atoms with van der Waals surface area (Å²) in [6.07, 6.45) is 0. The molecule has 1 aromatic carbocycles. The molecule has 0 amide bonds. The van der Waals surface area contributed by atoms with Crippen LogP contribution in [0.15, 0.2) is 18.2 Å². The molecule has 0 aromatic heterocycles. The first-order valence-corrected chi connectivity index (χ1v) is 7.07. The quantitative estimate of drug-likeness (QED) is 0.863. The van der Waals surface area contributed by atoms with Crippen LogP contribution in [0.2, 0.25) is 0 Å². The number of nitrogens with one attached hydrogen (secondary N) is 1.